The molecule has 1 N–H and O–H groups in total. The van der Waals surface area contributed by atoms with Crippen LogP contribution in [-0.2, 0) is 6.61 Å². The van der Waals surface area contributed by atoms with Gasteiger partial charge >= 0.3 is 0 Å². The van der Waals surface area contributed by atoms with Gasteiger partial charge in [0.2, 0.25) is 0 Å². The highest BCUT2D eigenvalue weighted by molar-refractivity contribution is 6.01. The quantitative estimate of drug-likeness (QED) is 0.935. The van der Waals surface area contributed by atoms with Crippen molar-refractivity contribution >= 4 is 11.6 Å². The number of carbonyl (C=O) groups is 1. The lowest BCUT2D eigenvalue weighted by molar-refractivity contribution is 0.0527. The number of nitrogens with zero attached hydrogens (tertiary/aromatic N) is 2. The fourth-order valence-corrected chi connectivity index (χ4v) is 3.73. The highest BCUT2D eigenvalue weighted by Crippen LogP contribution is 2.35. The third-order valence-electron chi connectivity index (χ3n) is 5.13. The molecule has 1 saturated heterocycles. The summed E-state index contributed by atoms with van der Waals surface area (Å²) in [6.45, 7) is 1.15. The largest absolute Gasteiger partial charge is 0.489 e. The topological polar surface area (TPSA) is 53.0 Å². The minimum Gasteiger partial charge on any atom is -0.489 e. The van der Waals surface area contributed by atoms with Crippen molar-refractivity contribution in [1.29, 1.82) is 0 Å². The molecule has 1 fully saturated rings. The highest BCUT2D eigenvalue weighted by Gasteiger charge is 2.40. The number of likely N-dealkylation sites (N-methyl/N-ethyl adjacent to an activating group) is 1. The molecule has 5 nitrogen and oxygen atoms in total. The Hall–Kier alpha value is -2.53. The molecular weight excluding hydrogens is 316 g/mol. The fraction of sp³-hybridized carbons (Fsp3) is 0.350. The summed E-state index contributed by atoms with van der Waals surface area (Å²) < 4.78 is 5.87. The summed E-state index contributed by atoms with van der Waals surface area (Å²) in [6, 6.07) is 15.3. The number of aliphatic hydroxyl groups excluding tert-OH is 1. The summed E-state index contributed by atoms with van der Waals surface area (Å²) >= 11 is 0. The molecule has 0 aromatic heterocycles. The molecule has 2 atom stereocenters. The summed E-state index contributed by atoms with van der Waals surface area (Å²) in [6.07, 6.45) is 1.09. The lowest BCUT2D eigenvalue weighted by atomic mass is 10.1. The number of carbonyl (C=O) groups excluding carboxylic acids is 1. The van der Waals surface area contributed by atoms with Gasteiger partial charge in [-0.2, -0.15) is 0 Å². The SMILES string of the molecule is CN1c2ccc(OCc3ccccc3)cc2C(=O)N2CCCC2C1O. The van der Waals surface area contributed by atoms with Crippen molar-refractivity contribution in [3.63, 3.8) is 0 Å². The maximum absolute atomic E-state index is 13.0. The molecule has 130 valence electrons. The van der Waals surface area contributed by atoms with E-state index in [0.29, 0.717) is 24.5 Å². The third-order valence-corrected chi connectivity index (χ3v) is 5.13. The fourth-order valence-electron chi connectivity index (χ4n) is 3.73. The van der Waals surface area contributed by atoms with Gasteiger partial charge < -0.3 is 19.6 Å². The van der Waals surface area contributed by atoms with Gasteiger partial charge in [0.1, 0.15) is 18.6 Å². The predicted octanol–water partition coefficient (Wildman–Crippen LogP) is 2.64. The molecule has 2 unspecified atom stereocenters. The van der Waals surface area contributed by atoms with Gasteiger partial charge in [0, 0.05) is 13.6 Å². The van der Waals surface area contributed by atoms with E-state index in [0.717, 1.165) is 24.1 Å². The van der Waals surface area contributed by atoms with E-state index >= 15 is 0 Å². The number of anilines is 1. The number of aliphatic hydroxyl groups is 1. The molecule has 0 bridgehead atoms. The average Bonchev–Trinajstić information content (AvgIpc) is 3.12. The summed E-state index contributed by atoms with van der Waals surface area (Å²) in [5.41, 5.74) is 2.42. The van der Waals surface area contributed by atoms with Gasteiger partial charge in [-0.3, -0.25) is 4.79 Å². The van der Waals surface area contributed by atoms with Gasteiger partial charge in [-0.25, -0.2) is 0 Å². The first-order chi connectivity index (χ1) is 12.1. The third kappa shape index (κ3) is 2.85. The monoisotopic (exact) mass is 338 g/mol. The minimum atomic E-state index is -0.677. The zero-order chi connectivity index (χ0) is 17.4. The summed E-state index contributed by atoms with van der Waals surface area (Å²) in [5.74, 6) is 0.641. The molecule has 1 amide bonds. The van der Waals surface area contributed by atoms with Crippen LogP contribution in [0.1, 0.15) is 28.8 Å². The first-order valence-electron chi connectivity index (χ1n) is 8.68. The number of rotatable bonds is 3. The molecule has 2 aromatic carbocycles. The molecule has 0 aliphatic carbocycles. The van der Waals surface area contributed by atoms with Crippen LogP contribution in [0.5, 0.6) is 5.75 Å². The average molecular weight is 338 g/mol. The Kier molecular flexibility index (Phi) is 4.09. The maximum Gasteiger partial charge on any atom is 0.256 e. The molecule has 0 spiro atoms. The van der Waals surface area contributed by atoms with Crippen molar-refractivity contribution in [2.24, 2.45) is 0 Å². The Bertz CT molecular complexity index is 778. The standard InChI is InChI=1S/C20H22N2O3/c1-21-17-10-9-15(25-13-14-6-3-2-4-7-14)12-16(17)19(23)22-11-5-8-18(22)20(21)24/h2-4,6-7,9-10,12,18,20,24H,5,8,11,13H2,1H3. The zero-order valence-electron chi connectivity index (χ0n) is 14.3. The Morgan fingerprint density at radius 1 is 1.20 bits per heavy atom. The molecule has 25 heavy (non-hydrogen) atoms. The van der Waals surface area contributed by atoms with Crippen LogP contribution in [-0.4, -0.2) is 41.8 Å². The number of fused-ring (bicyclic) bond motifs is 2. The number of hydrogen-bond donors (Lipinski definition) is 1. The molecule has 5 heteroatoms. The Balaban J connectivity index is 1.62. The van der Waals surface area contributed by atoms with Crippen LogP contribution in [0.15, 0.2) is 48.5 Å². The van der Waals surface area contributed by atoms with Gasteiger partial charge in [-0.05, 0) is 36.6 Å². The second-order valence-electron chi connectivity index (χ2n) is 6.69. The van der Waals surface area contributed by atoms with Crippen molar-refractivity contribution in [3.8, 4) is 5.75 Å². The summed E-state index contributed by atoms with van der Waals surface area (Å²) in [5, 5.41) is 10.6. The van der Waals surface area contributed by atoms with E-state index in [-0.39, 0.29) is 11.9 Å². The molecule has 2 heterocycles. The molecule has 2 aliphatic rings. The van der Waals surface area contributed by atoms with E-state index in [9.17, 15) is 9.90 Å². The first-order valence-corrected chi connectivity index (χ1v) is 8.68. The van der Waals surface area contributed by atoms with Gasteiger partial charge in [-0.15, -0.1) is 0 Å². The van der Waals surface area contributed by atoms with E-state index in [1.165, 1.54) is 0 Å². The number of ether oxygens (including phenoxy) is 1. The van der Waals surface area contributed by atoms with Crippen LogP contribution < -0.4 is 9.64 Å². The second kappa shape index (κ2) is 6.41. The highest BCUT2D eigenvalue weighted by atomic mass is 16.5. The molecule has 2 aromatic rings. The van der Waals surface area contributed by atoms with E-state index in [1.54, 1.807) is 15.9 Å². The van der Waals surface area contributed by atoms with E-state index in [1.807, 2.05) is 49.5 Å². The molecule has 4 rings (SSSR count). The Morgan fingerprint density at radius 3 is 2.80 bits per heavy atom. The number of hydrogen-bond acceptors (Lipinski definition) is 4. The second-order valence-corrected chi connectivity index (χ2v) is 6.69. The molecule has 2 aliphatic heterocycles. The van der Waals surface area contributed by atoms with Crippen LogP contribution >= 0.6 is 0 Å². The summed E-state index contributed by atoms with van der Waals surface area (Å²) in [4.78, 5) is 16.6. The summed E-state index contributed by atoms with van der Waals surface area (Å²) in [7, 11) is 1.84. The number of benzene rings is 2. The maximum atomic E-state index is 13.0. The van der Waals surface area contributed by atoms with E-state index in [2.05, 4.69) is 0 Å². The van der Waals surface area contributed by atoms with Gasteiger partial charge in [-0.1, -0.05) is 30.3 Å². The van der Waals surface area contributed by atoms with Crippen LogP contribution in [0.2, 0.25) is 0 Å². The molecular formula is C20H22N2O3. The van der Waals surface area contributed by atoms with Crippen LogP contribution in [0.25, 0.3) is 0 Å². The van der Waals surface area contributed by atoms with Crippen molar-refractivity contribution in [2.75, 3.05) is 18.5 Å². The Morgan fingerprint density at radius 2 is 2.00 bits per heavy atom. The van der Waals surface area contributed by atoms with E-state index in [4.69, 9.17) is 4.74 Å². The van der Waals surface area contributed by atoms with Gasteiger partial charge in [0.25, 0.3) is 5.91 Å². The van der Waals surface area contributed by atoms with Crippen molar-refractivity contribution in [3.05, 3.63) is 59.7 Å². The minimum absolute atomic E-state index is 0.0222. The van der Waals surface area contributed by atoms with Crippen molar-refractivity contribution in [1.82, 2.24) is 4.90 Å². The number of amides is 1. The van der Waals surface area contributed by atoms with Crippen LogP contribution in [0.4, 0.5) is 5.69 Å². The first kappa shape index (κ1) is 16.0. The van der Waals surface area contributed by atoms with Crippen molar-refractivity contribution in [2.45, 2.75) is 31.7 Å². The van der Waals surface area contributed by atoms with Gasteiger partial charge in [0.05, 0.1) is 17.3 Å². The zero-order valence-corrected chi connectivity index (χ0v) is 14.3. The van der Waals surface area contributed by atoms with Gasteiger partial charge in [0.15, 0.2) is 0 Å². The Labute approximate surface area is 147 Å². The van der Waals surface area contributed by atoms with Crippen LogP contribution in [0, 0.1) is 0 Å². The van der Waals surface area contributed by atoms with Crippen molar-refractivity contribution < 1.29 is 14.6 Å². The normalized spacial score (nSPS) is 22.4. The lowest BCUT2D eigenvalue weighted by Gasteiger charge is -2.30. The van der Waals surface area contributed by atoms with Crippen LogP contribution in [0.3, 0.4) is 0 Å². The smallest absolute Gasteiger partial charge is 0.256 e. The molecule has 0 radical (unpaired) electrons. The lowest BCUT2D eigenvalue weighted by Crippen LogP contribution is -2.47. The predicted molar refractivity (Wildman–Crippen MR) is 95.7 cm³/mol. The van der Waals surface area contributed by atoms with E-state index < -0.39 is 6.23 Å². The molecule has 0 saturated carbocycles.